The molecule has 0 aliphatic rings. The molecule has 0 aromatic carbocycles. The van der Waals surface area contributed by atoms with Crippen LogP contribution in [0.15, 0.2) is 0 Å². The molecule has 0 heterocycles. The van der Waals surface area contributed by atoms with Crippen LogP contribution in [0.3, 0.4) is 0 Å². The number of aldehydes is 1. The van der Waals surface area contributed by atoms with Crippen LogP contribution in [0, 0.1) is 5.41 Å². The van der Waals surface area contributed by atoms with Gasteiger partial charge >= 0.3 is 0 Å². The van der Waals surface area contributed by atoms with Gasteiger partial charge in [-0.25, -0.2) is 0 Å². The first-order valence-electron chi connectivity index (χ1n) is 7.22. The summed E-state index contributed by atoms with van der Waals surface area (Å²) < 4.78 is 16.7. The number of carbonyl (C=O) groups excluding carboxylic acids is 1. The predicted octanol–water partition coefficient (Wildman–Crippen LogP) is 3.61. The maximum atomic E-state index is 10.6. The molecular formula is C15H32O4Si. The summed E-state index contributed by atoms with van der Waals surface area (Å²) in [5.41, 5.74) is -0.144. The Morgan fingerprint density at radius 1 is 1.10 bits per heavy atom. The summed E-state index contributed by atoms with van der Waals surface area (Å²) in [5.74, 6) is 0. The maximum Gasteiger partial charge on any atom is 0.192 e. The average Bonchev–Trinajstić information content (AvgIpc) is 2.33. The summed E-state index contributed by atoms with van der Waals surface area (Å²) in [6, 6.07) is 0. The van der Waals surface area contributed by atoms with Crippen molar-refractivity contribution in [2.24, 2.45) is 5.41 Å². The van der Waals surface area contributed by atoms with Gasteiger partial charge in [0.05, 0.1) is 6.61 Å². The SMILES string of the molecule is COCOC[C@@](C)(CCC=O)CO[Si](C)(C)C(C)(C)C. The molecular weight excluding hydrogens is 272 g/mol. The van der Waals surface area contributed by atoms with Crippen molar-refractivity contribution < 1.29 is 18.7 Å². The average molecular weight is 305 g/mol. The monoisotopic (exact) mass is 304 g/mol. The van der Waals surface area contributed by atoms with E-state index in [-0.39, 0.29) is 17.2 Å². The summed E-state index contributed by atoms with van der Waals surface area (Å²) in [4.78, 5) is 10.6. The zero-order valence-electron chi connectivity index (χ0n) is 14.2. The Morgan fingerprint density at radius 2 is 1.70 bits per heavy atom. The van der Waals surface area contributed by atoms with E-state index in [1.807, 2.05) is 0 Å². The minimum atomic E-state index is -1.78. The van der Waals surface area contributed by atoms with Gasteiger partial charge in [-0.3, -0.25) is 0 Å². The lowest BCUT2D eigenvalue weighted by Gasteiger charge is -2.40. The quantitative estimate of drug-likeness (QED) is 0.268. The van der Waals surface area contributed by atoms with E-state index in [1.54, 1.807) is 7.11 Å². The second-order valence-electron chi connectivity index (χ2n) is 7.32. The normalized spacial score (nSPS) is 15.9. The lowest BCUT2D eigenvalue weighted by atomic mass is 9.87. The lowest BCUT2D eigenvalue weighted by molar-refractivity contribution is -0.109. The number of carbonyl (C=O) groups is 1. The third kappa shape index (κ3) is 6.97. The predicted molar refractivity (Wildman–Crippen MR) is 84.4 cm³/mol. The van der Waals surface area contributed by atoms with Crippen molar-refractivity contribution in [1.82, 2.24) is 0 Å². The van der Waals surface area contributed by atoms with E-state index in [4.69, 9.17) is 13.9 Å². The smallest absolute Gasteiger partial charge is 0.192 e. The fraction of sp³-hybridized carbons (Fsp3) is 0.933. The van der Waals surface area contributed by atoms with Gasteiger partial charge in [-0.2, -0.15) is 0 Å². The Labute approximate surface area is 125 Å². The van der Waals surface area contributed by atoms with Crippen LogP contribution in [0.2, 0.25) is 18.1 Å². The molecule has 0 saturated carbocycles. The molecule has 0 amide bonds. The Morgan fingerprint density at radius 3 is 2.15 bits per heavy atom. The second kappa shape index (κ2) is 8.27. The molecule has 4 nitrogen and oxygen atoms in total. The van der Waals surface area contributed by atoms with Crippen molar-refractivity contribution >= 4 is 14.6 Å². The van der Waals surface area contributed by atoms with Gasteiger partial charge in [-0.05, 0) is 24.6 Å². The highest BCUT2D eigenvalue weighted by Crippen LogP contribution is 2.38. The molecule has 0 aromatic rings. The van der Waals surface area contributed by atoms with Gasteiger partial charge in [0.1, 0.15) is 13.1 Å². The van der Waals surface area contributed by atoms with Crippen LogP contribution in [0.5, 0.6) is 0 Å². The van der Waals surface area contributed by atoms with Crippen LogP contribution in [0.1, 0.15) is 40.5 Å². The van der Waals surface area contributed by atoms with Crippen LogP contribution in [0.25, 0.3) is 0 Å². The highest BCUT2D eigenvalue weighted by atomic mass is 28.4. The van der Waals surface area contributed by atoms with Gasteiger partial charge in [0.25, 0.3) is 0 Å². The summed E-state index contributed by atoms with van der Waals surface area (Å²) in [6.07, 6.45) is 2.27. The standard InChI is InChI=1S/C15H32O4Si/c1-14(2,3)20(6,7)19-12-15(4,9-8-10-16)11-18-13-17-5/h10H,8-9,11-13H2,1-7H3/t15-/m1/s1. The molecule has 20 heavy (non-hydrogen) atoms. The van der Waals surface area contributed by atoms with Crippen molar-refractivity contribution in [3.63, 3.8) is 0 Å². The molecule has 0 bridgehead atoms. The van der Waals surface area contributed by atoms with Crippen LogP contribution >= 0.6 is 0 Å². The van der Waals surface area contributed by atoms with Crippen molar-refractivity contribution in [1.29, 1.82) is 0 Å². The van der Waals surface area contributed by atoms with Gasteiger partial charge in [0.2, 0.25) is 0 Å². The molecule has 0 spiro atoms. The van der Waals surface area contributed by atoms with Crippen LogP contribution in [-0.2, 0) is 18.7 Å². The molecule has 0 radical (unpaired) electrons. The third-order valence-electron chi connectivity index (χ3n) is 4.11. The third-order valence-corrected chi connectivity index (χ3v) is 8.58. The zero-order valence-corrected chi connectivity index (χ0v) is 15.2. The highest BCUT2D eigenvalue weighted by Gasteiger charge is 2.39. The number of hydrogen-bond acceptors (Lipinski definition) is 4. The Bertz CT molecular complexity index is 286. The van der Waals surface area contributed by atoms with Crippen LogP contribution in [0.4, 0.5) is 0 Å². The molecule has 120 valence electrons. The van der Waals surface area contributed by atoms with Crippen LogP contribution in [-0.4, -0.2) is 41.7 Å². The number of rotatable bonds is 10. The molecule has 0 aromatic heterocycles. The minimum absolute atomic E-state index is 0.144. The fourth-order valence-corrected chi connectivity index (χ4v) is 2.68. The van der Waals surface area contributed by atoms with Gasteiger partial charge < -0.3 is 18.7 Å². The maximum absolute atomic E-state index is 10.6. The fourth-order valence-electron chi connectivity index (χ4n) is 1.54. The first kappa shape index (κ1) is 19.8. The number of ether oxygens (including phenoxy) is 2. The number of methoxy groups -OCH3 is 1. The summed E-state index contributed by atoms with van der Waals surface area (Å²) >= 11 is 0. The lowest BCUT2D eigenvalue weighted by Crippen LogP contribution is -2.44. The van der Waals surface area contributed by atoms with E-state index < -0.39 is 8.32 Å². The molecule has 0 unspecified atom stereocenters. The summed E-state index contributed by atoms with van der Waals surface area (Å²) in [7, 11) is -0.171. The first-order valence-corrected chi connectivity index (χ1v) is 10.1. The van der Waals surface area contributed by atoms with Crippen molar-refractivity contribution in [3.05, 3.63) is 0 Å². The van der Waals surface area contributed by atoms with Crippen molar-refractivity contribution in [3.8, 4) is 0 Å². The minimum Gasteiger partial charge on any atom is -0.416 e. The molecule has 0 saturated heterocycles. The number of hydrogen-bond donors (Lipinski definition) is 0. The van der Waals surface area contributed by atoms with E-state index in [9.17, 15) is 4.79 Å². The van der Waals surface area contributed by atoms with Gasteiger partial charge in [0.15, 0.2) is 8.32 Å². The van der Waals surface area contributed by atoms with Gasteiger partial charge in [-0.15, -0.1) is 0 Å². The molecule has 0 rings (SSSR count). The van der Waals surface area contributed by atoms with E-state index in [0.29, 0.717) is 19.6 Å². The molecule has 0 aliphatic carbocycles. The topological polar surface area (TPSA) is 44.8 Å². The molecule has 0 aliphatic heterocycles. The highest BCUT2D eigenvalue weighted by molar-refractivity contribution is 6.74. The molecule has 5 heteroatoms. The Balaban J connectivity index is 4.59. The summed E-state index contributed by atoms with van der Waals surface area (Å²) in [6.45, 7) is 14.7. The van der Waals surface area contributed by atoms with Gasteiger partial charge in [-0.1, -0.05) is 27.7 Å². The molecule has 0 N–H and O–H groups in total. The first-order chi connectivity index (χ1) is 9.08. The van der Waals surface area contributed by atoms with Crippen LogP contribution < -0.4 is 0 Å². The van der Waals surface area contributed by atoms with Gasteiger partial charge in [0, 0.05) is 25.6 Å². The van der Waals surface area contributed by atoms with E-state index in [0.717, 1.165) is 12.7 Å². The Hall–Kier alpha value is -0.233. The second-order valence-corrected chi connectivity index (χ2v) is 12.1. The summed E-state index contributed by atoms with van der Waals surface area (Å²) in [5, 5.41) is 0.186. The van der Waals surface area contributed by atoms with E-state index in [1.165, 1.54) is 0 Å². The van der Waals surface area contributed by atoms with Crippen molar-refractivity contribution in [2.75, 3.05) is 27.1 Å². The van der Waals surface area contributed by atoms with E-state index >= 15 is 0 Å². The largest absolute Gasteiger partial charge is 0.416 e. The Kier molecular flexibility index (Phi) is 8.17. The van der Waals surface area contributed by atoms with E-state index in [2.05, 4.69) is 40.8 Å². The zero-order chi connectivity index (χ0) is 15.9. The van der Waals surface area contributed by atoms with Crippen molar-refractivity contribution in [2.45, 2.75) is 58.7 Å². The molecule has 0 fully saturated rings. The molecule has 1 atom stereocenters.